The van der Waals surface area contributed by atoms with Crippen LogP contribution in [0.5, 0.6) is 0 Å². The molecule has 2 aliphatic rings. The summed E-state index contributed by atoms with van der Waals surface area (Å²) < 4.78 is 0. The van der Waals surface area contributed by atoms with Gasteiger partial charge in [-0.2, -0.15) is 0 Å². The van der Waals surface area contributed by atoms with Crippen molar-refractivity contribution in [1.82, 2.24) is 9.88 Å². The van der Waals surface area contributed by atoms with Crippen LogP contribution in [0.1, 0.15) is 69.0 Å². The highest BCUT2D eigenvalue weighted by atomic mass is 15.1. The van der Waals surface area contributed by atoms with E-state index in [0.717, 1.165) is 23.8 Å². The summed E-state index contributed by atoms with van der Waals surface area (Å²) in [5, 5.41) is 0. The van der Waals surface area contributed by atoms with Gasteiger partial charge in [-0.15, -0.1) is 0 Å². The summed E-state index contributed by atoms with van der Waals surface area (Å²) in [4.78, 5) is 6.84. The lowest BCUT2D eigenvalue weighted by Crippen LogP contribution is -2.17. The van der Waals surface area contributed by atoms with Gasteiger partial charge in [0.15, 0.2) is 0 Å². The van der Waals surface area contributed by atoms with Crippen molar-refractivity contribution >= 4 is 0 Å². The maximum absolute atomic E-state index is 4.41. The molecule has 2 fully saturated rings. The van der Waals surface area contributed by atoms with Crippen LogP contribution in [0, 0.1) is 23.7 Å². The zero-order valence-electron chi connectivity index (χ0n) is 14.0. The third-order valence-corrected chi connectivity index (χ3v) is 5.42. The average Bonchev–Trinajstić information content (AvgIpc) is 2.96. The van der Waals surface area contributed by atoms with Gasteiger partial charge in [0.1, 0.15) is 0 Å². The Kier molecular flexibility index (Phi) is 5.16. The molecule has 118 valence electrons. The molecule has 0 N–H and O–H groups in total. The molecule has 0 amide bonds. The van der Waals surface area contributed by atoms with Crippen LogP contribution in [-0.2, 0) is 0 Å². The number of aromatic nitrogens is 1. The molecular formula is C20H28N2. The van der Waals surface area contributed by atoms with Gasteiger partial charge in [-0.1, -0.05) is 31.6 Å². The summed E-state index contributed by atoms with van der Waals surface area (Å²) in [5.74, 6) is 8.51. The SMILES string of the molecule is CC1CCC(CC#Cc2cncc(C3CCCN3C)c2)CC1. The quantitative estimate of drug-likeness (QED) is 0.751. The van der Waals surface area contributed by atoms with Crippen LogP contribution in [0.4, 0.5) is 0 Å². The normalized spacial score (nSPS) is 29.1. The van der Waals surface area contributed by atoms with E-state index in [2.05, 4.69) is 41.8 Å². The molecule has 2 heteroatoms. The fourth-order valence-electron chi connectivity index (χ4n) is 3.87. The Bertz CT molecular complexity index is 546. The summed E-state index contributed by atoms with van der Waals surface area (Å²) in [6.45, 7) is 3.57. The first-order valence-electron chi connectivity index (χ1n) is 8.86. The minimum atomic E-state index is 0.536. The lowest BCUT2D eigenvalue weighted by Gasteiger charge is -2.24. The number of nitrogens with zero attached hydrogens (tertiary/aromatic N) is 2. The molecule has 1 unspecified atom stereocenters. The van der Waals surface area contributed by atoms with Gasteiger partial charge in [-0.05, 0) is 62.7 Å². The Morgan fingerprint density at radius 2 is 2.00 bits per heavy atom. The zero-order chi connectivity index (χ0) is 15.4. The van der Waals surface area contributed by atoms with E-state index < -0.39 is 0 Å². The van der Waals surface area contributed by atoms with E-state index in [1.54, 1.807) is 0 Å². The molecule has 2 nitrogen and oxygen atoms in total. The van der Waals surface area contributed by atoms with Crippen LogP contribution in [-0.4, -0.2) is 23.5 Å². The second-order valence-corrected chi connectivity index (χ2v) is 7.28. The summed E-state index contributed by atoms with van der Waals surface area (Å²) in [6, 6.07) is 2.78. The predicted octanol–water partition coefficient (Wildman–Crippen LogP) is 4.42. The monoisotopic (exact) mass is 296 g/mol. The first kappa shape index (κ1) is 15.6. The highest BCUT2D eigenvalue weighted by Crippen LogP contribution is 2.31. The van der Waals surface area contributed by atoms with Crippen LogP contribution < -0.4 is 0 Å². The highest BCUT2D eigenvalue weighted by Gasteiger charge is 2.22. The number of pyridine rings is 1. The van der Waals surface area contributed by atoms with Crippen LogP contribution in [0.2, 0.25) is 0 Å². The first-order valence-corrected chi connectivity index (χ1v) is 8.86. The molecule has 2 heterocycles. The van der Waals surface area contributed by atoms with Crippen molar-refractivity contribution in [1.29, 1.82) is 0 Å². The van der Waals surface area contributed by atoms with Crippen LogP contribution in [0.25, 0.3) is 0 Å². The topological polar surface area (TPSA) is 16.1 Å². The molecule has 1 saturated heterocycles. The van der Waals surface area contributed by atoms with E-state index in [0.29, 0.717) is 6.04 Å². The van der Waals surface area contributed by atoms with Gasteiger partial charge in [-0.3, -0.25) is 9.88 Å². The second kappa shape index (κ2) is 7.29. The van der Waals surface area contributed by atoms with Crippen molar-refractivity contribution in [2.45, 2.75) is 57.9 Å². The number of likely N-dealkylation sites (tertiary alicyclic amines) is 1. The Balaban J connectivity index is 1.60. The largest absolute Gasteiger partial charge is 0.299 e. The van der Waals surface area contributed by atoms with Gasteiger partial charge in [0, 0.05) is 30.4 Å². The minimum Gasteiger partial charge on any atom is -0.299 e. The second-order valence-electron chi connectivity index (χ2n) is 7.28. The van der Waals surface area contributed by atoms with E-state index in [9.17, 15) is 0 Å². The maximum Gasteiger partial charge on any atom is 0.0432 e. The van der Waals surface area contributed by atoms with Crippen LogP contribution in [0.15, 0.2) is 18.5 Å². The van der Waals surface area contributed by atoms with Crippen LogP contribution in [0.3, 0.4) is 0 Å². The van der Waals surface area contributed by atoms with Gasteiger partial charge in [0.25, 0.3) is 0 Å². The summed E-state index contributed by atoms with van der Waals surface area (Å²) in [7, 11) is 2.21. The molecular weight excluding hydrogens is 268 g/mol. The predicted molar refractivity (Wildman–Crippen MR) is 91.5 cm³/mol. The summed E-state index contributed by atoms with van der Waals surface area (Å²) in [5.41, 5.74) is 2.42. The molecule has 0 aromatic carbocycles. The lowest BCUT2D eigenvalue weighted by atomic mass is 9.81. The number of hydrogen-bond acceptors (Lipinski definition) is 2. The molecule has 1 atom stereocenters. The highest BCUT2D eigenvalue weighted by molar-refractivity contribution is 5.35. The fraction of sp³-hybridized carbons (Fsp3) is 0.650. The van der Waals surface area contributed by atoms with E-state index in [1.165, 1.54) is 50.6 Å². The molecule has 3 rings (SSSR count). The van der Waals surface area contributed by atoms with Crippen LogP contribution >= 0.6 is 0 Å². The number of rotatable bonds is 2. The van der Waals surface area contributed by atoms with Crippen molar-refractivity contribution in [3.8, 4) is 11.8 Å². The molecule has 1 aliphatic carbocycles. The van der Waals surface area contributed by atoms with Crippen molar-refractivity contribution in [3.63, 3.8) is 0 Å². The molecule has 1 aliphatic heterocycles. The summed E-state index contributed by atoms with van der Waals surface area (Å²) >= 11 is 0. The van der Waals surface area contributed by atoms with Crippen molar-refractivity contribution in [3.05, 3.63) is 29.6 Å². The molecule has 1 saturated carbocycles. The average molecular weight is 296 g/mol. The number of hydrogen-bond donors (Lipinski definition) is 0. The van der Waals surface area contributed by atoms with Gasteiger partial charge in [-0.25, -0.2) is 0 Å². The molecule has 0 bridgehead atoms. The Morgan fingerprint density at radius 1 is 1.18 bits per heavy atom. The van der Waals surface area contributed by atoms with E-state index in [-0.39, 0.29) is 0 Å². The first-order chi connectivity index (χ1) is 10.7. The molecule has 1 aromatic rings. The molecule has 0 spiro atoms. The maximum atomic E-state index is 4.41. The third kappa shape index (κ3) is 3.90. The fourth-order valence-corrected chi connectivity index (χ4v) is 3.87. The smallest absolute Gasteiger partial charge is 0.0432 e. The summed E-state index contributed by atoms with van der Waals surface area (Å²) in [6.07, 6.45) is 13.0. The lowest BCUT2D eigenvalue weighted by molar-refractivity contribution is 0.294. The van der Waals surface area contributed by atoms with Crippen molar-refractivity contribution < 1.29 is 0 Å². The van der Waals surface area contributed by atoms with Crippen molar-refractivity contribution in [2.24, 2.45) is 11.8 Å². The third-order valence-electron chi connectivity index (χ3n) is 5.42. The Morgan fingerprint density at radius 3 is 2.73 bits per heavy atom. The van der Waals surface area contributed by atoms with Gasteiger partial charge in [0.2, 0.25) is 0 Å². The Hall–Kier alpha value is -1.33. The van der Waals surface area contributed by atoms with E-state index >= 15 is 0 Å². The molecule has 22 heavy (non-hydrogen) atoms. The standard InChI is InChI=1S/C20H28N2/c1-16-8-10-17(11-9-16)5-3-6-18-13-19(15-21-14-18)20-7-4-12-22(20)2/h13-17,20H,4-5,7-12H2,1-2H3. The van der Waals surface area contributed by atoms with Crippen molar-refractivity contribution in [2.75, 3.05) is 13.6 Å². The van der Waals surface area contributed by atoms with Gasteiger partial charge < -0.3 is 0 Å². The molecule has 1 aromatic heterocycles. The zero-order valence-corrected chi connectivity index (χ0v) is 14.0. The molecule has 0 radical (unpaired) electrons. The van der Waals surface area contributed by atoms with E-state index in [1.807, 2.05) is 12.4 Å². The van der Waals surface area contributed by atoms with Gasteiger partial charge >= 0.3 is 0 Å². The van der Waals surface area contributed by atoms with Gasteiger partial charge in [0.05, 0.1) is 0 Å². The Labute approximate surface area is 135 Å². The minimum absolute atomic E-state index is 0.536. The van der Waals surface area contributed by atoms with E-state index in [4.69, 9.17) is 0 Å².